The molecular weight excluding hydrogens is 350 g/mol. The Morgan fingerprint density at radius 1 is 0.964 bits per heavy atom. The van der Waals surface area contributed by atoms with Crippen LogP contribution in [0, 0.1) is 0 Å². The molecule has 28 heavy (non-hydrogen) atoms. The van der Waals surface area contributed by atoms with Gasteiger partial charge in [0.2, 0.25) is 5.91 Å². The highest BCUT2D eigenvalue weighted by Gasteiger charge is 2.13. The summed E-state index contributed by atoms with van der Waals surface area (Å²) in [4.78, 5) is 14.8. The molecule has 0 radical (unpaired) electrons. The zero-order chi connectivity index (χ0) is 19.3. The highest BCUT2D eigenvalue weighted by atomic mass is 16.2. The predicted octanol–water partition coefficient (Wildman–Crippen LogP) is 3.71. The normalized spacial score (nSPS) is 10.8. The van der Waals surface area contributed by atoms with E-state index < -0.39 is 0 Å². The average Bonchev–Trinajstić information content (AvgIpc) is 3.12. The molecule has 0 spiro atoms. The maximum atomic E-state index is 12.6. The summed E-state index contributed by atoms with van der Waals surface area (Å²) in [6.07, 6.45) is 0. The van der Waals surface area contributed by atoms with Crippen LogP contribution in [0.15, 0.2) is 78.9 Å². The molecule has 0 aliphatic carbocycles. The van der Waals surface area contributed by atoms with Crippen LogP contribution >= 0.6 is 0 Å². The zero-order valence-electron chi connectivity index (χ0n) is 15.6. The number of anilines is 2. The molecule has 1 aromatic heterocycles. The standard InChI is InChI=1S/C22H21N5O/c1-26(15-17-9-3-2-4-10-17)20-13-7-5-11-18(20)23-22(28)16-27-21-14-8-6-12-19(21)24-25-27/h2-14H,15-16H2,1H3,(H,23,28). The van der Waals surface area contributed by atoms with Gasteiger partial charge in [0.25, 0.3) is 0 Å². The van der Waals surface area contributed by atoms with Gasteiger partial charge >= 0.3 is 0 Å². The summed E-state index contributed by atoms with van der Waals surface area (Å²) in [7, 11) is 2.02. The number of nitrogens with zero attached hydrogens (tertiary/aromatic N) is 4. The Hall–Kier alpha value is -3.67. The number of benzene rings is 3. The molecule has 0 bridgehead atoms. The minimum Gasteiger partial charge on any atom is -0.369 e. The fraction of sp³-hybridized carbons (Fsp3) is 0.136. The van der Waals surface area contributed by atoms with Crippen LogP contribution in [0.25, 0.3) is 11.0 Å². The third kappa shape index (κ3) is 3.86. The first-order chi connectivity index (χ1) is 13.7. The van der Waals surface area contributed by atoms with Gasteiger partial charge in [-0.25, -0.2) is 4.68 Å². The topological polar surface area (TPSA) is 63.1 Å². The minimum atomic E-state index is -0.142. The van der Waals surface area contributed by atoms with Crippen LogP contribution in [0.1, 0.15) is 5.56 Å². The Labute approximate surface area is 163 Å². The molecule has 6 nitrogen and oxygen atoms in total. The van der Waals surface area contributed by atoms with Crippen molar-refractivity contribution < 1.29 is 4.79 Å². The summed E-state index contributed by atoms with van der Waals surface area (Å²) >= 11 is 0. The fourth-order valence-corrected chi connectivity index (χ4v) is 3.21. The van der Waals surface area contributed by atoms with E-state index in [1.54, 1.807) is 4.68 Å². The van der Waals surface area contributed by atoms with E-state index >= 15 is 0 Å². The number of para-hydroxylation sites is 3. The van der Waals surface area contributed by atoms with Crippen LogP contribution in [-0.2, 0) is 17.9 Å². The molecule has 3 aromatic carbocycles. The SMILES string of the molecule is CN(Cc1ccccc1)c1ccccc1NC(=O)Cn1nnc2ccccc21. The molecule has 1 N–H and O–H groups in total. The van der Waals surface area contributed by atoms with E-state index in [2.05, 4.69) is 32.7 Å². The third-order valence-electron chi connectivity index (χ3n) is 4.57. The Morgan fingerprint density at radius 2 is 1.68 bits per heavy atom. The highest BCUT2D eigenvalue weighted by Crippen LogP contribution is 2.26. The summed E-state index contributed by atoms with van der Waals surface area (Å²) in [5.41, 5.74) is 4.56. The number of carbonyl (C=O) groups is 1. The van der Waals surface area contributed by atoms with Crippen molar-refractivity contribution in [2.45, 2.75) is 13.1 Å². The first kappa shape index (κ1) is 17.7. The van der Waals surface area contributed by atoms with Crippen molar-refractivity contribution in [3.8, 4) is 0 Å². The second kappa shape index (κ2) is 7.92. The van der Waals surface area contributed by atoms with Gasteiger partial charge in [0.15, 0.2) is 0 Å². The summed E-state index contributed by atoms with van der Waals surface area (Å²) in [6, 6.07) is 25.6. The van der Waals surface area contributed by atoms with Gasteiger partial charge in [-0.2, -0.15) is 0 Å². The predicted molar refractivity (Wildman–Crippen MR) is 111 cm³/mol. The van der Waals surface area contributed by atoms with Gasteiger partial charge in [0.05, 0.1) is 16.9 Å². The smallest absolute Gasteiger partial charge is 0.246 e. The van der Waals surface area contributed by atoms with Crippen molar-refractivity contribution in [2.75, 3.05) is 17.3 Å². The lowest BCUT2D eigenvalue weighted by Gasteiger charge is -2.22. The molecule has 0 aliphatic rings. The van der Waals surface area contributed by atoms with Crippen LogP contribution < -0.4 is 10.2 Å². The van der Waals surface area contributed by atoms with Gasteiger partial charge in [0.1, 0.15) is 12.1 Å². The lowest BCUT2D eigenvalue weighted by molar-refractivity contribution is -0.116. The van der Waals surface area contributed by atoms with Crippen molar-refractivity contribution >= 4 is 28.3 Å². The van der Waals surface area contributed by atoms with Crippen molar-refractivity contribution in [1.29, 1.82) is 0 Å². The van der Waals surface area contributed by atoms with Crippen molar-refractivity contribution in [2.24, 2.45) is 0 Å². The van der Waals surface area contributed by atoms with Crippen molar-refractivity contribution in [1.82, 2.24) is 15.0 Å². The number of carbonyl (C=O) groups excluding carboxylic acids is 1. The lowest BCUT2D eigenvalue weighted by Crippen LogP contribution is -2.23. The van der Waals surface area contributed by atoms with Crippen LogP contribution in [0.2, 0.25) is 0 Å². The lowest BCUT2D eigenvalue weighted by atomic mass is 10.2. The molecule has 1 amide bonds. The zero-order valence-corrected chi connectivity index (χ0v) is 15.6. The Balaban J connectivity index is 1.49. The molecule has 0 saturated heterocycles. The van der Waals surface area contributed by atoms with Crippen molar-refractivity contribution in [3.05, 3.63) is 84.4 Å². The van der Waals surface area contributed by atoms with E-state index in [0.717, 1.165) is 29.0 Å². The molecule has 0 saturated carbocycles. The number of amides is 1. The molecule has 0 unspecified atom stereocenters. The monoisotopic (exact) mass is 371 g/mol. The minimum absolute atomic E-state index is 0.108. The first-order valence-electron chi connectivity index (χ1n) is 9.13. The van der Waals surface area contributed by atoms with Crippen LogP contribution in [-0.4, -0.2) is 27.9 Å². The van der Waals surface area contributed by atoms with E-state index in [1.807, 2.05) is 73.8 Å². The number of hydrogen-bond donors (Lipinski definition) is 1. The molecule has 0 aliphatic heterocycles. The fourth-order valence-electron chi connectivity index (χ4n) is 3.21. The van der Waals surface area contributed by atoms with E-state index in [1.165, 1.54) is 5.56 Å². The summed E-state index contributed by atoms with van der Waals surface area (Å²) in [5.74, 6) is -0.142. The molecule has 0 fully saturated rings. The second-order valence-corrected chi connectivity index (χ2v) is 6.64. The van der Waals surface area contributed by atoms with Crippen LogP contribution in [0.4, 0.5) is 11.4 Å². The molecular formula is C22H21N5O. The molecule has 6 heteroatoms. The Bertz CT molecular complexity index is 1090. The first-order valence-corrected chi connectivity index (χ1v) is 9.13. The van der Waals surface area contributed by atoms with E-state index in [9.17, 15) is 4.79 Å². The van der Waals surface area contributed by atoms with E-state index in [4.69, 9.17) is 0 Å². The van der Waals surface area contributed by atoms with Gasteiger partial charge in [-0.15, -0.1) is 5.10 Å². The Morgan fingerprint density at radius 3 is 2.54 bits per heavy atom. The van der Waals surface area contributed by atoms with Crippen molar-refractivity contribution in [3.63, 3.8) is 0 Å². The number of nitrogens with one attached hydrogen (secondary N) is 1. The Kier molecular flexibility index (Phi) is 5.01. The van der Waals surface area contributed by atoms with Gasteiger partial charge in [-0.05, 0) is 29.8 Å². The largest absolute Gasteiger partial charge is 0.369 e. The van der Waals surface area contributed by atoms with E-state index in [0.29, 0.717) is 0 Å². The van der Waals surface area contributed by atoms with Gasteiger partial charge in [-0.1, -0.05) is 59.8 Å². The summed E-state index contributed by atoms with van der Waals surface area (Å²) in [6.45, 7) is 0.860. The third-order valence-corrected chi connectivity index (χ3v) is 4.57. The number of rotatable bonds is 6. The molecule has 0 atom stereocenters. The van der Waals surface area contributed by atoms with Gasteiger partial charge in [-0.3, -0.25) is 4.79 Å². The molecule has 4 aromatic rings. The van der Waals surface area contributed by atoms with Gasteiger partial charge < -0.3 is 10.2 Å². The maximum absolute atomic E-state index is 12.6. The second-order valence-electron chi connectivity index (χ2n) is 6.64. The molecule has 4 rings (SSSR count). The highest BCUT2D eigenvalue weighted by molar-refractivity contribution is 5.94. The summed E-state index contributed by atoms with van der Waals surface area (Å²) in [5, 5.41) is 11.2. The number of hydrogen-bond acceptors (Lipinski definition) is 4. The maximum Gasteiger partial charge on any atom is 0.246 e. The van der Waals surface area contributed by atoms with E-state index in [-0.39, 0.29) is 12.5 Å². The quantitative estimate of drug-likeness (QED) is 0.561. The molecule has 140 valence electrons. The van der Waals surface area contributed by atoms with Crippen LogP contribution in [0.5, 0.6) is 0 Å². The summed E-state index contributed by atoms with van der Waals surface area (Å²) < 4.78 is 1.61. The number of aromatic nitrogens is 3. The van der Waals surface area contributed by atoms with Gasteiger partial charge in [0, 0.05) is 13.6 Å². The average molecular weight is 371 g/mol. The molecule has 1 heterocycles. The number of fused-ring (bicyclic) bond motifs is 1. The van der Waals surface area contributed by atoms with Crippen LogP contribution in [0.3, 0.4) is 0 Å².